The van der Waals surface area contributed by atoms with Gasteiger partial charge >= 0.3 is 6.09 Å². The summed E-state index contributed by atoms with van der Waals surface area (Å²) in [5.74, 6) is 0.0209. The quantitative estimate of drug-likeness (QED) is 0.710. The van der Waals surface area contributed by atoms with Gasteiger partial charge in [-0.05, 0) is 31.5 Å². The van der Waals surface area contributed by atoms with Crippen molar-refractivity contribution in [3.63, 3.8) is 0 Å². The van der Waals surface area contributed by atoms with Gasteiger partial charge in [0.15, 0.2) is 5.78 Å². The third kappa shape index (κ3) is 4.49. The number of alkyl carbamates (subject to hydrolysis) is 1. The molecule has 0 unspecified atom stereocenters. The topological polar surface area (TPSA) is 58.6 Å². The van der Waals surface area contributed by atoms with Crippen LogP contribution in [0.3, 0.4) is 0 Å². The van der Waals surface area contributed by atoms with Crippen LogP contribution in [-0.4, -0.2) is 49.6 Å². The van der Waals surface area contributed by atoms with Crippen molar-refractivity contribution >= 4 is 11.9 Å². The molecule has 0 saturated carbocycles. The first kappa shape index (κ1) is 14.7. The molecular formula is C13H22N2O3. The Kier molecular flexibility index (Phi) is 5.85. The number of amides is 1. The lowest BCUT2D eigenvalue weighted by Gasteiger charge is -2.22. The van der Waals surface area contributed by atoms with Gasteiger partial charge in [-0.15, -0.1) is 0 Å². The van der Waals surface area contributed by atoms with Crippen LogP contribution in [-0.2, 0) is 9.53 Å². The SMILES string of the molecule is CCN(CC)CC[C@@H](NC(=O)OC)C(=O)C1=CC1. The van der Waals surface area contributed by atoms with Crippen LogP contribution in [0.1, 0.15) is 26.7 Å². The lowest BCUT2D eigenvalue weighted by atomic mass is 10.1. The highest BCUT2D eigenvalue weighted by Gasteiger charge is 2.27. The number of nitrogens with zero attached hydrogens (tertiary/aromatic N) is 1. The summed E-state index contributed by atoms with van der Waals surface area (Å²) in [5.41, 5.74) is 0.816. The Morgan fingerprint density at radius 3 is 2.50 bits per heavy atom. The van der Waals surface area contributed by atoms with Crippen LogP contribution < -0.4 is 5.32 Å². The van der Waals surface area contributed by atoms with E-state index in [0.717, 1.165) is 31.6 Å². The van der Waals surface area contributed by atoms with Crippen molar-refractivity contribution in [2.24, 2.45) is 0 Å². The normalized spacial score (nSPS) is 15.0. The highest BCUT2D eigenvalue weighted by molar-refractivity contribution is 6.04. The monoisotopic (exact) mass is 254 g/mol. The summed E-state index contributed by atoms with van der Waals surface area (Å²) >= 11 is 0. The number of carbonyl (C=O) groups is 2. The predicted molar refractivity (Wildman–Crippen MR) is 69.4 cm³/mol. The third-order valence-electron chi connectivity index (χ3n) is 3.15. The van der Waals surface area contributed by atoms with Gasteiger partial charge in [0.1, 0.15) is 0 Å². The van der Waals surface area contributed by atoms with Gasteiger partial charge in [-0.3, -0.25) is 4.79 Å². The van der Waals surface area contributed by atoms with Crippen molar-refractivity contribution in [2.75, 3.05) is 26.7 Å². The summed E-state index contributed by atoms with van der Waals surface area (Å²) < 4.78 is 4.56. The Morgan fingerprint density at radius 1 is 1.44 bits per heavy atom. The van der Waals surface area contributed by atoms with E-state index in [0.29, 0.717) is 6.42 Å². The molecule has 0 fully saturated rings. The molecule has 5 nitrogen and oxygen atoms in total. The average molecular weight is 254 g/mol. The fourth-order valence-corrected chi connectivity index (χ4v) is 1.80. The standard InChI is InChI=1S/C13H22N2O3/c1-4-15(5-2)9-8-11(14-13(17)18-3)12(16)10-6-7-10/h6,11H,4-5,7-9H2,1-3H3,(H,14,17)/t11-/m1/s1. The number of methoxy groups -OCH3 is 1. The van der Waals surface area contributed by atoms with E-state index in [1.165, 1.54) is 7.11 Å². The summed E-state index contributed by atoms with van der Waals surface area (Å²) in [4.78, 5) is 25.4. The minimum absolute atomic E-state index is 0.0209. The van der Waals surface area contributed by atoms with Crippen LogP contribution in [0.4, 0.5) is 4.79 Å². The van der Waals surface area contributed by atoms with Crippen LogP contribution >= 0.6 is 0 Å². The van der Waals surface area contributed by atoms with Crippen LogP contribution in [0.5, 0.6) is 0 Å². The molecule has 5 heteroatoms. The molecule has 1 amide bonds. The molecule has 1 aliphatic rings. The van der Waals surface area contributed by atoms with Crippen molar-refractivity contribution in [3.05, 3.63) is 11.6 Å². The average Bonchev–Trinajstić information content (AvgIpc) is 3.21. The second-order valence-electron chi connectivity index (χ2n) is 4.30. The molecule has 0 saturated heterocycles. The zero-order valence-electron chi connectivity index (χ0n) is 11.4. The molecule has 0 aromatic heterocycles. The molecule has 1 atom stereocenters. The molecule has 0 spiro atoms. The molecule has 0 aromatic carbocycles. The van der Waals surface area contributed by atoms with Crippen molar-refractivity contribution in [1.29, 1.82) is 0 Å². The van der Waals surface area contributed by atoms with Gasteiger partial charge in [-0.1, -0.05) is 19.9 Å². The van der Waals surface area contributed by atoms with E-state index in [-0.39, 0.29) is 5.78 Å². The summed E-state index contributed by atoms with van der Waals surface area (Å²) in [7, 11) is 1.30. The maximum atomic E-state index is 12.0. The van der Waals surface area contributed by atoms with Gasteiger partial charge < -0.3 is 15.0 Å². The number of carbonyl (C=O) groups excluding carboxylic acids is 2. The van der Waals surface area contributed by atoms with Gasteiger partial charge in [0, 0.05) is 6.54 Å². The largest absolute Gasteiger partial charge is 0.453 e. The van der Waals surface area contributed by atoms with Crippen LogP contribution in [0.2, 0.25) is 0 Å². The first-order chi connectivity index (χ1) is 8.62. The first-order valence-corrected chi connectivity index (χ1v) is 6.42. The maximum Gasteiger partial charge on any atom is 0.407 e. The smallest absolute Gasteiger partial charge is 0.407 e. The van der Waals surface area contributed by atoms with Crippen molar-refractivity contribution in [2.45, 2.75) is 32.7 Å². The Balaban J connectivity index is 2.51. The molecule has 0 radical (unpaired) electrons. The van der Waals surface area contributed by atoms with Gasteiger partial charge in [0.25, 0.3) is 0 Å². The molecular weight excluding hydrogens is 232 g/mol. The number of ether oxygens (including phenoxy) is 1. The van der Waals surface area contributed by atoms with Gasteiger partial charge in [0.05, 0.1) is 13.2 Å². The number of hydrogen-bond acceptors (Lipinski definition) is 4. The van der Waals surface area contributed by atoms with E-state index in [1.807, 2.05) is 6.08 Å². The molecule has 102 valence electrons. The fourth-order valence-electron chi connectivity index (χ4n) is 1.80. The Hall–Kier alpha value is -1.36. The van der Waals surface area contributed by atoms with E-state index in [9.17, 15) is 9.59 Å². The van der Waals surface area contributed by atoms with Crippen LogP contribution in [0.15, 0.2) is 11.6 Å². The number of ketones is 1. The van der Waals surface area contributed by atoms with E-state index in [2.05, 4.69) is 28.8 Å². The Morgan fingerprint density at radius 2 is 2.06 bits per heavy atom. The minimum Gasteiger partial charge on any atom is -0.453 e. The van der Waals surface area contributed by atoms with E-state index >= 15 is 0 Å². The van der Waals surface area contributed by atoms with Gasteiger partial charge in [0.2, 0.25) is 0 Å². The molecule has 1 N–H and O–H groups in total. The van der Waals surface area contributed by atoms with Crippen molar-refractivity contribution in [3.8, 4) is 0 Å². The van der Waals surface area contributed by atoms with E-state index in [4.69, 9.17) is 0 Å². The number of allylic oxidation sites excluding steroid dienone is 1. The Bertz CT molecular complexity index is 335. The predicted octanol–water partition coefficient (Wildman–Crippen LogP) is 1.34. The van der Waals surface area contributed by atoms with Crippen LogP contribution in [0.25, 0.3) is 0 Å². The van der Waals surface area contributed by atoms with E-state index < -0.39 is 12.1 Å². The van der Waals surface area contributed by atoms with Crippen molar-refractivity contribution < 1.29 is 14.3 Å². The molecule has 0 heterocycles. The zero-order chi connectivity index (χ0) is 13.5. The molecule has 1 aliphatic carbocycles. The van der Waals surface area contributed by atoms with Gasteiger partial charge in [-0.25, -0.2) is 4.79 Å². The summed E-state index contributed by atoms with van der Waals surface area (Å²) in [6.07, 6.45) is 2.71. The molecule has 0 bridgehead atoms. The van der Waals surface area contributed by atoms with Crippen LogP contribution in [0, 0.1) is 0 Å². The highest BCUT2D eigenvalue weighted by Crippen LogP contribution is 2.21. The summed E-state index contributed by atoms with van der Waals surface area (Å²) in [6, 6.07) is -0.466. The third-order valence-corrected chi connectivity index (χ3v) is 3.15. The van der Waals surface area contributed by atoms with Gasteiger partial charge in [-0.2, -0.15) is 0 Å². The first-order valence-electron chi connectivity index (χ1n) is 6.42. The highest BCUT2D eigenvalue weighted by atomic mass is 16.5. The number of rotatable bonds is 8. The lowest BCUT2D eigenvalue weighted by Crippen LogP contribution is -2.43. The second-order valence-corrected chi connectivity index (χ2v) is 4.30. The molecule has 0 aromatic rings. The molecule has 18 heavy (non-hydrogen) atoms. The number of nitrogens with one attached hydrogen (secondary N) is 1. The second kappa shape index (κ2) is 7.16. The minimum atomic E-state index is -0.547. The fraction of sp³-hybridized carbons (Fsp3) is 0.692. The van der Waals surface area contributed by atoms with E-state index in [1.54, 1.807) is 0 Å². The lowest BCUT2D eigenvalue weighted by molar-refractivity contribution is -0.117. The number of hydrogen-bond donors (Lipinski definition) is 1. The van der Waals surface area contributed by atoms with Crippen molar-refractivity contribution in [1.82, 2.24) is 10.2 Å². The number of Topliss-reactive ketones (excluding diaryl/α,β-unsaturated/α-hetero) is 1. The molecule has 1 rings (SSSR count). The zero-order valence-corrected chi connectivity index (χ0v) is 11.4. The maximum absolute atomic E-state index is 12.0. The Labute approximate surface area is 108 Å². The molecule has 0 aliphatic heterocycles. The summed E-state index contributed by atoms with van der Waals surface area (Å²) in [5, 5.41) is 2.61. The summed E-state index contributed by atoms with van der Waals surface area (Å²) in [6.45, 7) is 6.84.